The van der Waals surface area contributed by atoms with Crippen LogP contribution in [0.5, 0.6) is 0 Å². The van der Waals surface area contributed by atoms with Gasteiger partial charge in [-0.2, -0.15) is 0 Å². The maximum absolute atomic E-state index is 5.82. The van der Waals surface area contributed by atoms with Gasteiger partial charge in [-0.1, -0.05) is 23.7 Å². The van der Waals surface area contributed by atoms with Gasteiger partial charge in [0.1, 0.15) is 0 Å². The molecule has 0 atom stereocenters. The number of hydrogen-bond donors (Lipinski definition) is 0. The number of benzene rings is 1. The minimum Gasteiger partial charge on any atom is -0.149 e. The largest absolute Gasteiger partial charge is 0.149 e. The molecule has 0 N–H and O–H groups in total. The van der Waals surface area contributed by atoms with Crippen molar-refractivity contribution in [1.29, 1.82) is 0 Å². The highest BCUT2D eigenvalue weighted by Crippen LogP contribution is 2.18. The smallest absolute Gasteiger partial charge is 0.0406 e. The van der Waals surface area contributed by atoms with Gasteiger partial charge in [0.25, 0.3) is 0 Å². The van der Waals surface area contributed by atoms with Crippen LogP contribution < -0.4 is 0 Å². The van der Waals surface area contributed by atoms with Crippen LogP contribution in [0.3, 0.4) is 0 Å². The van der Waals surface area contributed by atoms with E-state index in [-0.39, 0.29) is 0 Å². The Morgan fingerprint density at radius 2 is 1.86 bits per heavy atom. The van der Waals surface area contributed by atoms with Crippen LogP contribution in [0.15, 0.2) is 35.7 Å². The number of aryl methyl sites for hydroxylation is 1. The van der Waals surface area contributed by atoms with Crippen LogP contribution in [0, 0.1) is 6.92 Å². The zero-order valence-corrected chi connectivity index (χ0v) is 9.53. The van der Waals surface area contributed by atoms with Crippen molar-refractivity contribution in [2.45, 2.75) is 13.3 Å². The lowest BCUT2D eigenvalue weighted by Crippen LogP contribution is -1.84. The fourth-order valence-corrected chi connectivity index (χ4v) is 2.26. The highest BCUT2D eigenvalue weighted by atomic mass is 35.5. The molecule has 0 bridgehead atoms. The Balaban J connectivity index is 2.15. The maximum atomic E-state index is 5.82. The molecule has 0 saturated heterocycles. The third-order valence-corrected chi connectivity index (χ3v) is 3.27. The van der Waals surface area contributed by atoms with Gasteiger partial charge in [-0.05, 0) is 48.1 Å². The molecule has 0 fully saturated rings. The lowest BCUT2D eigenvalue weighted by atomic mass is 10.1. The second kappa shape index (κ2) is 4.16. The first-order chi connectivity index (χ1) is 6.74. The van der Waals surface area contributed by atoms with Gasteiger partial charge in [-0.3, -0.25) is 0 Å². The summed E-state index contributed by atoms with van der Waals surface area (Å²) >= 11 is 7.62. The highest BCUT2D eigenvalue weighted by Gasteiger charge is 1.98. The van der Waals surface area contributed by atoms with Crippen molar-refractivity contribution in [3.63, 3.8) is 0 Å². The fourth-order valence-electron chi connectivity index (χ4n) is 1.43. The molecule has 72 valence electrons. The molecule has 0 nitrogen and oxygen atoms in total. The number of hydrogen-bond acceptors (Lipinski definition) is 1. The first-order valence-corrected chi connectivity index (χ1v) is 5.78. The summed E-state index contributed by atoms with van der Waals surface area (Å²) in [6.07, 6.45) is 1.00. The molecular weight excluding hydrogens is 212 g/mol. The highest BCUT2D eigenvalue weighted by molar-refractivity contribution is 7.10. The van der Waals surface area contributed by atoms with Crippen molar-refractivity contribution in [2.75, 3.05) is 0 Å². The van der Waals surface area contributed by atoms with Gasteiger partial charge in [0, 0.05) is 9.90 Å². The molecule has 1 aromatic carbocycles. The average molecular weight is 223 g/mol. The summed E-state index contributed by atoms with van der Waals surface area (Å²) in [5.74, 6) is 0. The van der Waals surface area contributed by atoms with E-state index in [0.29, 0.717) is 0 Å². The third-order valence-electron chi connectivity index (χ3n) is 2.11. The van der Waals surface area contributed by atoms with Crippen LogP contribution in [0.1, 0.15) is 16.0 Å². The van der Waals surface area contributed by atoms with Gasteiger partial charge in [0.05, 0.1) is 0 Å². The zero-order valence-electron chi connectivity index (χ0n) is 7.96. The van der Waals surface area contributed by atoms with E-state index in [2.05, 4.69) is 30.5 Å². The number of rotatable bonds is 2. The van der Waals surface area contributed by atoms with Crippen LogP contribution in [-0.2, 0) is 6.42 Å². The molecule has 0 saturated carbocycles. The minimum atomic E-state index is 0.801. The normalized spacial score (nSPS) is 10.4. The van der Waals surface area contributed by atoms with Crippen molar-refractivity contribution >= 4 is 22.9 Å². The summed E-state index contributed by atoms with van der Waals surface area (Å²) in [4.78, 5) is 1.37. The van der Waals surface area contributed by atoms with E-state index in [9.17, 15) is 0 Å². The quantitative estimate of drug-likeness (QED) is 0.711. The van der Waals surface area contributed by atoms with E-state index in [1.54, 1.807) is 11.3 Å². The maximum Gasteiger partial charge on any atom is 0.0406 e. The van der Waals surface area contributed by atoms with Crippen LogP contribution >= 0.6 is 22.9 Å². The molecule has 0 aliphatic carbocycles. The SMILES string of the molecule is Cc1cc(Cc2ccc(Cl)cc2)cs1. The molecule has 2 rings (SSSR count). The summed E-state index contributed by atoms with van der Waals surface area (Å²) in [6, 6.07) is 10.3. The van der Waals surface area contributed by atoms with E-state index >= 15 is 0 Å². The van der Waals surface area contributed by atoms with E-state index in [1.807, 2.05) is 12.1 Å². The van der Waals surface area contributed by atoms with Crippen molar-refractivity contribution in [3.8, 4) is 0 Å². The predicted molar refractivity (Wildman–Crippen MR) is 63.3 cm³/mol. The lowest BCUT2D eigenvalue weighted by Gasteiger charge is -1.98. The van der Waals surface area contributed by atoms with Gasteiger partial charge in [-0.25, -0.2) is 0 Å². The summed E-state index contributed by atoms with van der Waals surface area (Å²) in [7, 11) is 0. The van der Waals surface area contributed by atoms with Crippen molar-refractivity contribution in [3.05, 3.63) is 56.7 Å². The van der Waals surface area contributed by atoms with Crippen molar-refractivity contribution < 1.29 is 0 Å². The molecule has 2 heteroatoms. The van der Waals surface area contributed by atoms with Gasteiger partial charge in [0.15, 0.2) is 0 Å². The lowest BCUT2D eigenvalue weighted by molar-refractivity contribution is 1.21. The van der Waals surface area contributed by atoms with Crippen LogP contribution in [-0.4, -0.2) is 0 Å². The molecule has 0 aliphatic heterocycles. The molecule has 0 aliphatic rings. The van der Waals surface area contributed by atoms with E-state index in [1.165, 1.54) is 16.0 Å². The molecule has 0 radical (unpaired) electrons. The van der Waals surface area contributed by atoms with Crippen LogP contribution in [0.4, 0.5) is 0 Å². The molecule has 0 amide bonds. The average Bonchev–Trinajstić information content (AvgIpc) is 2.56. The summed E-state index contributed by atoms with van der Waals surface area (Å²) in [6.45, 7) is 2.13. The summed E-state index contributed by atoms with van der Waals surface area (Å²) in [5.41, 5.74) is 2.70. The van der Waals surface area contributed by atoms with Crippen LogP contribution in [0.25, 0.3) is 0 Å². The number of thiophene rings is 1. The Kier molecular flexibility index (Phi) is 2.90. The van der Waals surface area contributed by atoms with Gasteiger partial charge in [0.2, 0.25) is 0 Å². The topological polar surface area (TPSA) is 0 Å². The predicted octanol–water partition coefficient (Wildman–Crippen LogP) is 4.30. The molecular formula is C12H11ClS. The number of halogens is 1. The Bertz CT molecular complexity index is 414. The molecule has 0 unspecified atom stereocenters. The minimum absolute atomic E-state index is 0.801. The monoisotopic (exact) mass is 222 g/mol. The first kappa shape index (κ1) is 9.75. The van der Waals surface area contributed by atoms with E-state index in [0.717, 1.165) is 11.4 Å². The first-order valence-electron chi connectivity index (χ1n) is 4.52. The molecule has 2 aromatic rings. The van der Waals surface area contributed by atoms with Crippen molar-refractivity contribution in [2.24, 2.45) is 0 Å². The Morgan fingerprint density at radius 1 is 1.14 bits per heavy atom. The summed E-state index contributed by atoms with van der Waals surface area (Å²) in [5, 5.41) is 3.01. The van der Waals surface area contributed by atoms with Gasteiger partial charge < -0.3 is 0 Å². The molecule has 1 aromatic heterocycles. The van der Waals surface area contributed by atoms with Crippen LogP contribution in [0.2, 0.25) is 5.02 Å². The Labute approximate surface area is 93.2 Å². The van der Waals surface area contributed by atoms with E-state index < -0.39 is 0 Å². The van der Waals surface area contributed by atoms with E-state index in [4.69, 9.17) is 11.6 Å². The van der Waals surface area contributed by atoms with Gasteiger partial charge >= 0.3 is 0 Å². The Morgan fingerprint density at radius 3 is 2.43 bits per heavy atom. The third kappa shape index (κ3) is 2.37. The molecule has 14 heavy (non-hydrogen) atoms. The molecule has 1 heterocycles. The van der Waals surface area contributed by atoms with Crippen molar-refractivity contribution in [1.82, 2.24) is 0 Å². The van der Waals surface area contributed by atoms with Gasteiger partial charge in [-0.15, -0.1) is 11.3 Å². The Hall–Kier alpha value is -0.790. The fraction of sp³-hybridized carbons (Fsp3) is 0.167. The zero-order chi connectivity index (χ0) is 9.97. The standard InChI is InChI=1S/C12H11ClS/c1-9-6-11(8-14-9)7-10-2-4-12(13)5-3-10/h2-6,8H,7H2,1H3. The second-order valence-corrected chi connectivity index (χ2v) is 4.92. The molecule has 0 spiro atoms. The summed E-state index contributed by atoms with van der Waals surface area (Å²) < 4.78 is 0. The second-order valence-electron chi connectivity index (χ2n) is 3.37.